The molecule has 1 aromatic carbocycles. The van der Waals surface area contributed by atoms with E-state index in [-0.39, 0.29) is 18.3 Å². The first-order valence-electron chi connectivity index (χ1n) is 5.88. The van der Waals surface area contributed by atoms with Gasteiger partial charge in [-0.05, 0) is 36.6 Å². The number of halogens is 1. The smallest absolute Gasteiger partial charge is 0.336 e. The van der Waals surface area contributed by atoms with Gasteiger partial charge in [0, 0.05) is 13.2 Å². The second-order valence-electron chi connectivity index (χ2n) is 4.23. The van der Waals surface area contributed by atoms with Crippen molar-refractivity contribution in [3.8, 4) is 0 Å². The average Bonchev–Trinajstić information content (AvgIpc) is 2.37. The zero-order chi connectivity index (χ0) is 13.0. The molecule has 0 atom stereocenters. The molecule has 0 radical (unpaired) electrons. The summed E-state index contributed by atoms with van der Waals surface area (Å²) in [6, 6.07) is 3.62. The highest BCUT2D eigenvalue weighted by Gasteiger charge is 2.16. The summed E-state index contributed by atoms with van der Waals surface area (Å²) in [4.78, 5) is 11.0. The molecule has 0 bridgehead atoms. The van der Waals surface area contributed by atoms with E-state index < -0.39 is 11.8 Å². The topological polar surface area (TPSA) is 55.8 Å². The predicted octanol–water partition coefficient (Wildman–Crippen LogP) is 2.22. The summed E-state index contributed by atoms with van der Waals surface area (Å²) in [5.41, 5.74) is 0.456. The fraction of sp³-hybridized carbons (Fsp3) is 0.462. The quantitative estimate of drug-likeness (QED) is 0.895. The Morgan fingerprint density at radius 3 is 2.83 bits per heavy atom. The van der Waals surface area contributed by atoms with Crippen molar-refractivity contribution in [2.45, 2.75) is 25.6 Å². The van der Waals surface area contributed by atoms with Crippen molar-refractivity contribution in [1.29, 1.82) is 0 Å². The van der Waals surface area contributed by atoms with Crippen LogP contribution in [0.5, 0.6) is 0 Å². The van der Waals surface area contributed by atoms with Crippen molar-refractivity contribution < 1.29 is 23.8 Å². The van der Waals surface area contributed by atoms with Gasteiger partial charge in [-0.3, -0.25) is 0 Å². The lowest BCUT2D eigenvalue weighted by Crippen LogP contribution is -2.23. The molecule has 0 spiro atoms. The van der Waals surface area contributed by atoms with E-state index in [0.29, 0.717) is 18.8 Å². The zero-order valence-electron chi connectivity index (χ0n) is 9.89. The Kier molecular flexibility index (Phi) is 4.28. The molecule has 5 heteroatoms. The van der Waals surface area contributed by atoms with Crippen LogP contribution in [0.2, 0.25) is 0 Å². The van der Waals surface area contributed by atoms with Crippen LogP contribution in [0, 0.1) is 5.82 Å². The van der Waals surface area contributed by atoms with Crippen molar-refractivity contribution in [3.63, 3.8) is 0 Å². The molecule has 18 heavy (non-hydrogen) atoms. The largest absolute Gasteiger partial charge is 0.478 e. The molecule has 1 saturated heterocycles. The van der Waals surface area contributed by atoms with Crippen LogP contribution in [-0.4, -0.2) is 30.4 Å². The fourth-order valence-corrected chi connectivity index (χ4v) is 1.94. The Labute approximate surface area is 104 Å². The summed E-state index contributed by atoms with van der Waals surface area (Å²) in [5, 5.41) is 9.00. The van der Waals surface area contributed by atoms with Crippen LogP contribution in [-0.2, 0) is 16.1 Å². The van der Waals surface area contributed by atoms with Crippen molar-refractivity contribution in [3.05, 3.63) is 35.1 Å². The molecule has 0 aromatic heterocycles. The lowest BCUT2D eigenvalue weighted by atomic mass is 10.1. The molecular weight excluding hydrogens is 239 g/mol. The average molecular weight is 254 g/mol. The van der Waals surface area contributed by atoms with Gasteiger partial charge in [0.2, 0.25) is 0 Å². The molecule has 1 heterocycles. The number of hydrogen-bond acceptors (Lipinski definition) is 3. The summed E-state index contributed by atoms with van der Waals surface area (Å²) < 4.78 is 23.9. The summed E-state index contributed by atoms with van der Waals surface area (Å²) in [7, 11) is 0. The Balaban J connectivity index is 2.03. The number of carbonyl (C=O) groups is 1. The van der Waals surface area contributed by atoms with Crippen molar-refractivity contribution >= 4 is 5.97 Å². The summed E-state index contributed by atoms with van der Waals surface area (Å²) in [6.07, 6.45) is 1.64. The van der Waals surface area contributed by atoms with Crippen LogP contribution >= 0.6 is 0 Å². The van der Waals surface area contributed by atoms with Crippen LogP contribution in [0.1, 0.15) is 28.8 Å². The van der Waals surface area contributed by atoms with E-state index in [4.69, 9.17) is 14.6 Å². The molecule has 2 rings (SSSR count). The third kappa shape index (κ3) is 3.27. The van der Waals surface area contributed by atoms with Crippen molar-refractivity contribution in [2.24, 2.45) is 0 Å². The lowest BCUT2D eigenvalue weighted by Gasteiger charge is -2.22. The maximum absolute atomic E-state index is 13.1. The van der Waals surface area contributed by atoms with Crippen LogP contribution in [0.25, 0.3) is 0 Å². The predicted molar refractivity (Wildman–Crippen MR) is 62.0 cm³/mol. The van der Waals surface area contributed by atoms with Gasteiger partial charge in [0.25, 0.3) is 0 Å². The van der Waals surface area contributed by atoms with Gasteiger partial charge in [0.1, 0.15) is 5.82 Å². The van der Waals surface area contributed by atoms with Gasteiger partial charge in [-0.15, -0.1) is 0 Å². The van der Waals surface area contributed by atoms with E-state index in [1.165, 1.54) is 12.1 Å². The van der Waals surface area contributed by atoms with Gasteiger partial charge in [0.15, 0.2) is 0 Å². The van der Waals surface area contributed by atoms with Crippen molar-refractivity contribution in [1.82, 2.24) is 0 Å². The molecule has 0 aliphatic carbocycles. The minimum Gasteiger partial charge on any atom is -0.478 e. The van der Waals surface area contributed by atoms with Crippen LogP contribution in [0.4, 0.5) is 4.39 Å². The van der Waals surface area contributed by atoms with E-state index in [0.717, 1.165) is 18.9 Å². The molecule has 1 aliphatic rings. The van der Waals surface area contributed by atoms with Gasteiger partial charge in [-0.1, -0.05) is 0 Å². The van der Waals surface area contributed by atoms with Gasteiger partial charge < -0.3 is 14.6 Å². The Morgan fingerprint density at radius 2 is 2.17 bits per heavy atom. The number of aromatic carboxylic acids is 1. The summed E-state index contributed by atoms with van der Waals surface area (Å²) in [6.45, 7) is 1.42. The molecule has 98 valence electrons. The van der Waals surface area contributed by atoms with E-state index in [1.807, 2.05) is 0 Å². The molecule has 0 amide bonds. The first-order chi connectivity index (χ1) is 8.66. The minimum atomic E-state index is -1.07. The minimum absolute atomic E-state index is 0.0589. The number of benzene rings is 1. The van der Waals surface area contributed by atoms with E-state index in [9.17, 15) is 9.18 Å². The van der Waals surface area contributed by atoms with E-state index >= 15 is 0 Å². The lowest BCUT2D eigenvalue weighted by molar-refractivity contribution is -0.0393. The highest BCUT2D eigenvalue weighted by Crippen LogP contribution is 2.17. The molecule has 1 N–H and O–H groups in total. The first-order valence-corrected chi connectivity index (χ1v) is 5.88. The SMILES string of the molecule is O=C(O)c1ccc(F)cc1COC1CCOCC1. The summed E-state index contributed by atoms with van der Waals surface area (Å²) in [5.74, 6) is -1.52. The Hall–Kier alpha value is -1.46. The fourth-order valence-electron chi connectivity index (χ4n) is 1.94. The first kappa shape index (κ1) is 13.0. The highest BCUT2D eigenvalue weighted by atomic mass is 19.1. The van der Waals surface area contributed by atoms with Crippen LogP contribution in [0.15, 0.2) is 18.2 Å². The van der Waals surface area contributed by atoms with Crippen LogP contribution in [0.3, 0.4) is 0 Å². The molecule has 1 aromatic rings. The molecule has 1 fully saturated rings. The van der Waals surface area contributed by atoms with E-state index in [2.05, 4.69) is 0 Å². The maximum Gasteiger partial charge on any atom is 0.336 e. The molecule has 4 nitrogen and oxygen atoms in total. The molecule has 0 unspecified atom stereocenters. The van der Waals surface area contributed by atoms with E-state index in [1.54, 1.807) is 0 Å². The van der Waals surface area contributed by atoms with Gasteiger partial charge in [-0.2, -0.15) is 0 Å². The van der Waals surface area contributed by atoms with Crippen LogP contribution < -0.4 is 0 Å². The zero-order valence-corrected chi connectivity index (χ0v) is 9.89. The van der Waals surface area contributed by atoms with Gasteiger partial charge in [-0.25, -0.2) is 9.18 Å². The number of rotatable bonds is 4. The molecule has 1 aliphatic heterocycles. The highest BCUT2D eigenvalue weighted by molar-refractivity contribution is 5.89. The maximum atomic E-state index is 13.1. The molecular formula is C13H15FO4. The normalized spacial score (nSPS) is 16.7. The summed E-state index contributed by atoms with van der Waals surface area (Å²) >= 11 is 0. The third-order valence-corrected chi connectivity index (χ3v) is 2.94. The Morgan fingerprint density at radius 1 is 1.44 bits per heavy atom. The number of ether oxygens (including phenoxy) is 2. The van der Waals surface area contributed by atoms with Gasteiger partial charge >= 0.3 is 5.97 Å². The standard InChI is InChI=1S/C13H15FO4/c14-10-1-2-12(13(15)16)9(7-10)8-18-11-3-5-17-6-4-11/h1-2,7,11H,3-6,8H2,(H,15,16). The second-order valence-corrected chi connectivity index (χ2v) is 4.23. The molecule has 0 saturated carbocycles. The third-order valence-electron chi connectivity index (χ3n) is 2.94. The second kappa shape index (κ2) is 5.93. The van der Waals surface area contributed by atoms with Gasteiger partial charge in [0.05, 0.1) is 18.3 Å². The number of hydrogen-bond donors (Lipinski definition) is 1. The number of carboxylic acids is 1. The Bertz CT molecular complexity index is 427. The monoisotopic (exact) mass is 254 g/mol. The number of carboxylic acid groups (broad SMARTS) is 1. The van der Waals surface area contributed by atoms with Crippen molar-refractivity contribution in [2.75, 3.05) is 13.2 Å².